The average Bonchev–Trinajstić information content (AvgIpc) is 2.31. The summed E-state index contributed by atoms with van der Waals surface area (Å²) in [6.45, 7) is 7.74. The number of ether oxygens (including phenoxy) is 1. The van der Waals surface area contributed by atoms with Crippen molar-refractivity contribution in [2.24, 2.45) is 0 Å². The number of amides is 1. The topological polar surface area (TPSA) is 38.3 Å². The molecule has 4 heteroatoms. The lowest BCUT2D eigenvalue weighted by molar-refractivity contribution is -0.128. The van der Waals surface area contributed by atoms with Crippen LogP contribution in [0.2, 0.25) is 5.02 Å². The van der Waals surface area contributed by atoms with Gasteiger partial charge in [-0.3, -0.25) is 4.79 Å². The van der Waals surface area contributed by atoms with E-state index in [0.717, 1.165) is 6.42 Å². The van der Waals surface area contributed by atoms with Crippen molar-refractivity contribution in [1.82, 2.24) is 5.32 Å². The van der Waals surface area contributed by atoms with Crippen LogP contribution in [0.15, 0.2) is 24.3 Å². The third kappa shape index (κ3) is 4.57. The number of hydrogen-bond donors (Lipinski definition) is 1. The minimum Gasteiger partial charge on any atom is -0.481 e. The van der Waals surface area contributed by atoms with Crippen molar-refractivity contribution >= 4 is 17.5 Å². The Balaban J connectivity index is 2.57. The average molecular weight is 270 g/mol. The van der Waals surface area contributed by atoms with Crippen LogP contribution in [0.3, 0.4) is 0 Å². The molecule has 0 fully saturated rings. The molecule has 1 amide bonds. The molecule has 1 aromatic rings. The number of carbonyl (C=O) groups excluding carboxylic acids is 1. The van der Waals surface area contributed by atoms with E-state index in [-0.39, 0.29) is 11.4 Å². The molecule has 0 aromatic heterocycles. The molecule has 0 saturated carbocycles. The van der Waals surface area contributed by atoms with Crippen LogP contribution in [0.4, 0.5) is 0 Å². The van der Waals surface area contributed by atoms with Gasteiger partial charge in [0.15, 0.2) is 6.10 Å². The third-order valence-electron chi connectivity index (χ3n) is 2.84. The molecule has 1 unspecified atom stereocenters. The van der Waals surface area contributed by atoms with Crippen LogP contribution in [-0.4, -0.2) is 17.6 Å². The Bertz CT molecular complexity index is 401. The number of hydrogen-bond acceptors (Lipinski definition) is 2. The highest BCUT2D eigenvalue weighted by molar-refractivity contribution is 6.30. The van der Waals surface area contributed by atoms with Gasteiger partial charge in [-0.05, 0) is 51.5 Å². The highest BCUT2D eigenvalue weighted by Crippen LogP contribution is 2.17. The lowest BCUT2D eigenvalue weighted by atomic mass is 10.0. The Morgan fingerprint density at radius 2 is 1.94 bits per heavy atom. The number of benzene rings is 1. The van der Waals surface area contributed by atoms with E-state index < -0.39 is 6.10 Å². The molecule has 0 saturated heterocycles. The van der Waals surface area contributed by atoms with E-state index in [0.29, 0.717) is 10.8 Å². The number of halogens is 1. The first-order valence-corrected chi connectivity index (χ1v) is 6.46. The van der Waals surface area contributed by atoms with Crippen LogP contribution in [0, 0.1) is 0 Å². The highest BCUT2D eigenvalue weighted by atomic mass is 35.5. The molecule has 18 heavy (non-hydrogen) atoms. The van der Waals surface area contributed by atoms with Crippen molar-refractivity contribution in [3.63, 3.8) is 0 Å². The SMILES string of the molecule is CCC(C)(C)NC(=O)C(C)Oc1ccc(Cl)cc1. The molecule has 100 valence electrons. The second-order valence-corrected chi connectivity index (χ2v) is 5.38. The second-order valence-electron chi connectivity index (χ2n) is 4.94. The van der Waals surface area contributed by atoms with Gasteiger partial charge in [-0.2, -0.15) is 0 Å². The highest BCUT2D eigenvalue weighted by Gasteiger charge is 2.22. The van der Waals surface area contributed by atoms with Crippen LogP contribution in [0.25, 0.3) is 0 Å². The van der Waals surface area contributed by atoms with Gasteiger partial charge in [0.05, 0.1) is 0 Å². The van der Waals surface area contributed by atoms with Gasteiger partial charge in [0.1, 0.15) is 5.75 Å². The summed E-state index contributed by atoms with van der Waals surface area (Å²) >= 11 is 5.78. The molecule has 0 bridgehead atoms. The molecule has 0 radical (unpaired) electrons. The number of nitrogens with one attached hydrogen (secondary N) is 1. The van der Waals surface area contributed by atoms with Crippen LogP contribution >= 0.6 is 11.6 Å². The summed E-state index contributed by atoms with van der Waals surface area (Å²) in [7, 11) is 0. The molecular weight excluding hydrogens is 250 g/mol. The van der Waals surface area contributed by atoms with Crippen molar-refractivity contribution in [1.29, 1.82) is 0 Å². The van der Waals surface area contributed by atoms with Crippen molar-refractivity contribution in [3.8, 4) is 5.75 Å². The maximum atomic E-state index is 11.9. The zero-order chi connectivity index (χ0) is 13.8. The fourth-order valence-electron chi connectivity index (χ4n) is 1.29. The summed E-state index contributed by atoms with van der Waals surface area (Å²) in [5, 5.41) is 3.59. The Morgan fingerprint density at radius 3 is 2.44 bits per heavy atom. The van der Waals surface area contributed by atoms with Crippen LogP contribution in [-0.2, 0) is 4.79 Å². The molecule has 0 heterocycles. The third-order valence-corrected chi connectivity index (χ3v) is 3.09. The van der Waals surface area contributed by atoms with E-state index in [2.05, 4.69) is 5.32 Å². The van der Waals surface area contributed by atoms with Crippen molar-refractivity contribution in [2.45, 2.75) is 45.8 Å². The summed E-state index contributed by atoms with van der Waals surface area (Å²) in [5.41, 5.74) is -0.214. The Labute approximate surface area is 113 Å². The van der Waals surface area contributed by atoms with Crippen molar-refractivity contribution in [2.75, 3.05) is 0 Å². The summed E-state index contributed by atoms with van der Waals surface area (Å²) in [6, 6.07) is 6.96. The zero-order valence-corrected chi connectivity index (χ0v) is 12.0. The Morgan fingerprint density at radius 1 is 1.39 bits per heavy atom. The molecule has 1 atom stereocenters. The molecule has 0 aliphatic heterocycles. The van der Waals surface area contributed by atoms with Gasteiger partial charge >= 0.3 is 0 Å². The fourth-order valence-corrected chi connectivity index (χ4v) is 1.42. The molecule has 1 N–H and O–H groups in total. The first kappa shape index (κ1) is 14.8. The van der Waals surface area contributed by atoms with Gasteiger partial charge in [-0.15, -0.1) is 0 Å². The predicted molar refractivity (Wildman–Crippen MR) is 74.1 cm³/mol. The maximum Gasteiger partial charge on any atom is 0.261 e. The van der Waals surface area contributed by atoms with E-state index in [1.165, 1.54) is 0 Å². The van der Waals surface area contributed by atoms with E-state index in [1.807, 2.05) is 20.8 Å². The molecule has 1 rings (SSSR count). The first-order valence-electron chi connectivity index (χ1n) is 6.08. The van der Waals surface area contributed by atoms with Crippen LogP contribution < -0.4 is 10.1 Å². The Hall–Kier alpha value is -1.22. The largest absolute Gasteiger partial charge is 0.481 e. The van der Waals surface area contributed by atoms with Gasteiger partial charge in [0, 0.05) is 10.6 Å². The minimum absolute atomic E-state index is 0.114. The normalized spacial score (nSPS) is 12.9. The summed E-state index contributed by atoms with van der Waals surface area (Å²) in [4.78, 5) is 11.9. The summed E-state index contributed by atoms with van der Waals surface area (Å²) < 4.78 is 5.55. The lowest BCUT2D eigenvalue weighted by Crippen LogP contribution is -2.48. The molecule has 0 spiro atoms. The smallest absolute Gasteiger partial charge is 0.261 e. The van der Waals surface area contributed by atoms with E-state index >= 15 is 0 Å². The molecule has 0 aliphatic rings. The van der Waals surface area contributed by atoms with E-state index in [9.17, 15) is 4.79 Å². The zero-order valence-electron chi connectivity index (χ0n) is 11.3. The Kier molecular flexibility index (Phi) is 5.03. The van der Waals surface area contributed by atoms with Crippen molar-refractivity contribution < 1.29 is 9.53 Å². The van der Waals surface area contributed by atoms with Gasteiger partial charge < -0.3 is 10.1 Å². The van der Waals surface area contributed by atoms with Gasteiger partial charge in [0.25, 0.3) is 5.91 Å². The molecule has 0 aliphatic carbocycles. The second kappa shape index (κ2) is 6.10. The lowest BCUT2D eigenvalue weighted by Gasteiger charge is -2.26. The molecular formula is C14H20ClNO2. The summed E-state index contributed by atoms with van der Waals surface area (Å²) in [5.74, 6) is 0.521. The van der Waals surface area contributed by atoms with Crippen LogP contribution in [0.1, 0.15) is 34.1 Å². The van der Waals surface area contributed by atoms with E-state index in [4.69, 9.17) is 16.3 Å². The predicted octanol–water partition coefficient (Wildman–Crippen LogP) is 3.41. The van der Waals surface area contributed by atoms with Crippen molar-refractivity contribution in [3.05, 3.63) is 29.3 Å². The van der Waals surface area contributed by atoms with Gasteiger partial charge in [0.2, 0.25) is 0 Å². The molecule has 3 nitrogen and oxygen atoms in total. The van der Waals surface area contributed by atoms with Crippen LogP contribution in [0.5, 0.6) is 5.75 Å². The van der Waals surface area contributed by atoms with E-state index in [1.54, 1.807) is 31.2 Å². The van der Waals surface area contributed by atoms with Gasteiger partial charge in [-0.25, -0.2) is 0 Å². The summed E-state index contributed by atoms with van der Waals surface area (Å²) in [6.07, 6.45) is 0.337. The molecule has 1 aromatic carbocycles. The standard InChI is InChI=1S/C14H20ClNO2/c1-5-14(3,4)16-13(17)10(2)18-12-8-6-11(15)7-9-12/h6-10H,5H2,1-4H3,(H,16,17). The van der Waals surface area contributed by atoms with Gasteiger partial charge in [-0.1, -0.05) is 18.5 Å². The quantitative estimate of drug-likeness (QED) is 0.890. The fraction of sp³-hybridized carbons (Fsp3) is 0.500. The minimum atomic E-state index is -0.531. The monoisotopic (exact) mass is 269 g/mol. The first-order chi connectivity index (χ1) is 8.34. The number of carbonyl (C=O) groups is 1. The number of rotatable bonds is 5. The maximum absolute atomic E-state index is 11.9.